The van der Waals surface area contributed by atoms with Crippen LogP contribution in [-0.4, -0.2) is 26.8 Å². The molecule has 1 aromatic carbocycles. The molecule has 0 spiro atoms. The van der Waals surface area contributed by atoms with Crippen molar-refractivity contribution in [3.05, 3.63) is 34.6 Å². The van der Waals surface area contributed by atoms with E-state index in [4.69, 9.17) is 16.3 Å². The lowest BCUT2D eigenvalue weighted by Gasteiger charge is -2.30. The molecule has 0 saturated heterocycles. The molecule has 20 heavy (non-hydrogen) atoms. The first-order chi connectivity index (χ1) is 9.65. The van der Waals surface area contributed by atoms with E-state index in [1.165, 1.54) is 37.8 Å². The number of methoxy groups -OCH3 is 1. The van der Waals surface area contributed by atoms with Crippen molar-refractivity contribution in [3.63, 3.8) is 0 Å². The van der Waals surface area contributed by atoms with Gasteiger partial charge in [-0.15, -0.1) is 0 Å². The van der Waals surface area contributed by atoms with Crippen molar-refractivity contribution in [2.75, 3.05) is 26.8 Å². The van der Waals surface area contributed by atoms with Crippen molar-refractivity contribution >= 4 is 11.6 Å². The second kappa shape index (κ2) is 7.39. The Morgan fingerprint density at radius 1 is 1.35 bits per heavy atom. The molecule has 1 aromatic rings. The van der Waals surface area contributed by atoms with Gasteiger partial charge in [-0.25, -0.2) is 4.39 Å². The zero-order valence-electron chi connectivity index (χ0n) is 12.1. The van der Waals surface area contributed by atoms with Gasteiger partial charge in [-0.05, 0) is 42.4 Å². The van der Waals surface area contributed by atoms with Crippen molar-refractivity contribution in [3.8, 4) is 0 Å². The number of ether oxygens (including phenoxy) is 1. The molecule has 2 rings (SSSR count). The normalized spacial score (nSPS) is 17.6. The lowest BCUT2D eigenvalue weighted by molar-refractivity contribution is 0.190. The van der Waals surface area contributed by atoms with Crippen LogP contribution in [0, 0.1) is 11.2 Å². The molecule has 1 saturated carbocycles. The van der Waals surface area contributed by atoms with E-state index in [0.717, 1.165) is 31.7 Å². The van der Waals surface area contributed by atoms with Crippen LogP contribution in [0.2, 0.25) is 5.02 Å². The monoisotopic (exact) mass is 299 g/mol. The van der Waals surface area contributed by atoms with Gasteiger partial charge in [0.2, 0.25) is 0 Å². The van der Waals surface area contributed by atoms with E-state index in [0.29, 0.717) is 5.02 Å². The lowest BCUT2D eigenvalue weighted by Crippen LogP contribution is -2.35. The Balaban J connectivity index is 2.01. The number of rotatable bonds is 7. The Bertz CT molecular complexity index is 432. The summed E-state index contributed by atoms with van der Waals surface area (Å²) in [4.78, 5) is 0. The van der Waals surface area contributed by atoms with E-state index in [2.05, 4.69) is 5.32 Å². The third-order valence-electron chi connectivity index (χ3n) is 4.23. The molecule has 0 radical (unpaired) electrons. The Kier molecular flexibility index (Phi) is 5.82. The van der Waals surface area contributed by atoms with E-state index in [1.807, 2.05) is 6.07 Å². The van der Waals surface area contributed by atoms with Crippen LogP contribution in [0.3, 0.4) is 0 Å². The Morgan fingerprint density at radius 3 is 2.75 bits per heavy atom. The van der Waals surface area contributed by atoms with Gasteiger partial charge < -0.3 is 10.1 Å². The van der Waals surface area contributed by atoms with E-state index < -0.39 is 0 Å². The van der Waals surface area contributed by atoms with Crippen LogP contribution in [0.25, 0.3) is 0 Å². The van der Waals surface area contributed by atoms with E-state index in [9.17, 15) is 4.39 Å². The third kappa shape index (κ3) is 4.18. The summed E-state index contributed by atoms with van der Waals surface area (Å²) in [5.74, 6) is -0.266. The summed E-state index contributed by atoms with van der Waals surface area (Å²) in [7, 11) is 1.71. The number of hydrogen-bond donors (Lipinski definition) is 1. The maximum atomic E-state index is 13.1. The molecule has 112 valence electrons. The summed E-state index contributed by atoms with van der Waals surface area (Å²) >= 11 is 6.17. The molecule has 0 amide bonds. The van der Waals surface area contributed by atoms with Gasteiger partial charge in [0.25, 0.3) is 0 Å². The second-order valence-electron chi connectivity index (χ2n) is 5.79. The fraction of sp³-hybridized carbons (Fsp3) is 0.625. The van der Waals surface area contributed by atoms with Gasteiger partial charge in [0.05, 0.1) is 6.61 Å². The Morgan fingerprint density at radius 2 is 2.10 bits per heavy atom. The van der Waals surface area contributed by atoms with Crippen LogP contribution in [0.4, 0.5) is 4.39 Å². The fourth-order valence-corrected chi connectivity index (χ4v) is 3.37. The second-order valence-corrected chi connectivity index (χ2v) is 6.20. The Labute approximate surface area is 125 Å². The third-order valence-corrected chi connectivity index (χ3v) is 4.58. The SMILES string of the molecule is COCCNCC1(Cc2ccc(F)cc2Cl)CCCC1. The van der Waals surface area contributed by atoms with Gasteiger partial charge in [0, 0.05) is 25.2 Å². The number of halogens is 2. The van der Waals surface area contributed by atoms with E-state index >= 15 is 0 Å². The maximum Gasteiger partial charge on any atom is 0.124 e. The Hall–Kier alpha value is -0.640. The molecule has 1 fully saturated rings. The van der Waals surface area contributed by atoms with Gasteiger partial charge in [0.15, 0.2) is 0 Å². The maximum absolute atomic E-state index is 13.1. The van der Waals surface area contributed by atoms with Crippen LogP contribution < -0.4 is 5.32 Å². The van der Waals surface area contributed by atoms with Crippen LogP contribution >= 0.6 is 11.6 Å². The highest BCUT2D eigenvalue weighted by Crippen LogP contribution is 2.41. The quantitative estimate of drug-likeness (QED) is 0.773. The van der Waals surface area contributed by atoms with Crippen LogP contribution in [0.5, 0.6) is 0 Å². The average molecular weight is 300 g/mol. The minimum Gasteiger partial charge on any atom is -0.383 e. The molecule has 0 aliphatic heterocycles. The molecule has 0 bridgehead atoms. The van der Waals surface area contributed by atoms with Gasteiger partial charge in [-0.3, -0.25) is 0 Å². The minimum absolute atomic E-state index is 0.259. The highest BCUT2D eigenvalue weighted by Gasteiger charge is 2.34. The number of hydrogen-bond acceptors (Lipinski definition) is 2. The molecule has 1 N–H and O–H groups in total. The first-order valence-corrected chi connectivity index (χ1v) is 7.67. The van der Waals surface area contributed by atoms with E-state index in [-0.39, 0.29) is 11.2 Å². The molecule has 0 aromatic heterocycles. The van der Waals surface area contributed by atoms with E-state index in [1.54, 1.807) is 7.11 Å². The topological polar surface area (TPSA) is 21.3 Å². The van der Waals surface area contributed by atoms with Crippen molar-refractivity contribution in [2.45, 2.75) is 32.1 Å². The molecule has 2 nitrogen and oxygen atoms in total. The molecule has 0 atom stereocenters. The summed E-state index contributed by atoms with van der Waals surface area (Å²) < 4.78 is 18.2. The summed E-state index contributed by atoms with van der Waals surface area (Å²) in [5.41, 5.74) is 1.32. The summed E-state index contributed by atoms with van der Waals surface area (Å²) in [6, 6.07) is 4.74. The van der Waals surface area contributed by atoms with Gasteiger partial charge >= 0.3 is 0 Å². The van der Waals surface area contributed by atoms with Crippen LogP contribution in [-0.2, 0) is 11.2 Å². The van der Waals surface area contributed by atoms with Crippen molar-refractivity contribution in [2.24, 2.45) is 5.41 Å². The van der Waals surface area contributed by atoms with Crippen molar-refractivity contribution in [1.82, 2.24) is 5.32 Å². The molecule has 1 aliphatic rings. The fourth-order valence-electron chi connectivity index (χ4n) is 3.14. The van der Waals surface area contributed by atoms with Crippen molar-refractivity contribution < 1.29 is 9.13 Å². The minimum atomic E-state index is -0.266. The molecule has 1 aliphatic carbocycles. The smallest absolute Gasteiger partial charge is 0.124 e. The zero-order valence-corrected chi connectivity index (χ0v) is 12.8. The molecular weight excluding hydrogens is 277 g/mol. The summed E-state index contributed by atoms with van der Waals surface area (Å²) in [5, 5.41) is 4.03. The standard InChI is InChI=1S/C16H23ClFNO/c1-20-9-8-19-12-16(6-2-3-7-16)11-13-4-5-14(18)10-15(13)17/h4-5,10,19H,2-3,6-9,11-12H2,1H3. The predicted molar refractivity (Wildman–Crippen MR) is 80.8 cm³/mol. The first kappa shape index (κ1) is 15.7. The van der Waals surface area contributed by atoms with Crippen molar-refractivity contribution in [1.29, 1.82) is 0 Å². The summed E-state index contributed by atoms with van der Waals surface area (Å²) in [6.07, 6.45) is 5.88. The molecule has 0 unspecified atom stereocenters. The lowest BCUT2D eigenvalue weighted by atomic mass is 9.80. The van der Waals surface area contributed by atoms with Crippen LogP contribution in [0.15, 0.2) is 18.2 Å². The number of nitrogens with one attached hydrogen (secondary N) is 1. The van der Waals surface area contributed by atoms with Gasteiger partial charge in [-0.1, -0.05) is 30.5 Å². The van der Waals surface area contributed by atoms with Gasteiger partial charge in [0.1, 0.15) is 5.82 Å². The average Bonchev–Trinajstić information content (AvgIpc) is 2.87. The zero-order chi connectivity index (χ0) is 14.4. The van der Waals surface area contributed by atoms with Crippen LogP contribution in [0.1, 0.15) is 31.2 Å². The highest BCUT2D eigenvalue weighted by molar-refractivity contribution is 6.31. The largest absolute Gasteiger partial charge is 0.383 e. The first-order valence-electron chi connectivity index (χ1n) is 7.29. The highest BCUT2D eigenvalue weighted by atomic mass is 35.5. The van der Waals surface area contributed by atoms with Gasteiger partial charge in [-0.2, -0.15) is 0 Å². The molecule has 0 heterocycles. The molecule has 4 heteroatoms. The predicted octanol–water partition coefficient (Wildman–Crippen LogP) is 3.82. The number of benzene rings is 1. The summed E-state index contributed by atoms with van der Waals surface area (Å²) in [6.45, 7) is 2.58. The molecular formula is C16H23ClFNO.